The lowest BCUT2D eigenvalue weighted by molar-refractivity contribution is -0.150. The number of carboxylic acid groups (broad SMARTS) is 1. The van der Waals surface area contributed by atoms with Gasteiger partial charge in [0.15, 0.2) is 11.6 Å². The zero-order chi connectivity index (χ0) is 28.5. The van der Waals surface area contributed by atoms with Gasteiger partial charge in [0.1, 0.15) is 5.75 Å². The van der Waals surface area contributed by atoms with Crippen molar-refractivity contribution in [2.45, 2.75) is 76.6 Å². The van der Waals surface area contributed by atoms with Crippen LogP contribution in [0.25, 0.3) is 0 Å². The summed E-state index contributed by atoms with van der Waals surface area (Å²) >= 11 is 0. The Hall–Kier alpha value is -3.05. The van der Waals surface area contributed by atoms with Crippen LogP contribution in [0.2, 0.25) is 0 Å². The maximum atomic E-state index is 14.8. The molecule has 3 N–H and O–H groups in total. The maximum absolute atomic E-state index is 14.8. The van der Waals surface area contributed by atoms with Crippen molar-refractivity contribution in [1.82, 2.24) is 10.6 Å². The highest BCUT2D eigenvalue weighted by atomic mass is 19.4. The van der Waals surface area contributed by atoms with Crippen LogP contribution in [0.3, 0.4) is 0 Å². The largest absolute Gasteiger partial charge is 0.496 e. The van der Waals surface area contributed by atoms with Crippen molar-refractivity contribution < 1.29 is 46.5 Å². The Morgan fingerprint density at radius 2 is 1.74 bits per heavy atom. The van der Waals surface area contributed by atoms with Gasteiger partial charge in [0.2, 0.25) is 5.91 Å². The predicted octanol–water partition coefficient (Wildman–Crippen LogP) is 4.46. The van der Waals surface area contributed by atoms with Crippen molar-refractivity contribution in [3.05, 3.63) is 23.5 Å². The van der Waals surface area contributed by atoms with Gasteiger partial charge in [0.25, 0.3) is 5.91 Å². The van der Waals surface area contributed by atoms with Crippen LogP contribution in [0.1, 0.15) is 68.6 Å². The van der Waals surface area contributed by atoms with Crippen molar-refractivity contribution in [3.8, 4) is 11.5 Å². The number of ether oxygens (including phenoxy) is 2. The molecule has 1 aromatic rings. The Balaban J connectivity index is 1.46. The summed E-state index contributed by atoms with van der Waals surface area (Å²) in [5.74, 6) is -3.64. The van der Waals surface area contributed by atoms with Gasteiger partial charge >= 0.3 is 12.1 Å². The number of halogens is 4. The summed E-state index contributed by atoms with van der Waals surface area (Å²) in [4.78, 5) is 37.7. The number of carbonyl (C=O) groups is 3. The number of benzene rings is 1. The van der Waals surface area contributed by atoms with E-state index in [1.165, 1.54) is 13.2 Å². The van der Waals surface area contributed by atoms with Crippen molar-refractivity contribution in [1.29, 1.82) is 0 Å². The molecule has 4 rings (SSSR count). The number of alkyl halides is 3. The Labute approximate surface area is 223 Å². The molecule has 39 heavy (non-hydrogen) atoms. The lowest BCUT2D eigenvalue weighted by Gasteiger charge is -2.34. The highest BCUT2D eigenvalue weighted by Crippen LogP contribution is 2.49. The molecule has 0 radical (unpaired) electrons. The van der Waals surface area contributed by atoms with Gasteiger partial charge in [-0.15, -0.1) is 0 Å². The number of rotatable bonds is 9. The number of fused-ring (bicyclic) bond motifs is 2. The monoisotopic (exact) mass is 558 g/mol. The van der Waals surface area contributed by atoms with Gasteiger partial charge in [-0.2, -0.15) is 13.2 Å². The first-order valence-electron chi connectivity index (χ1n) is 13.2. The Bertz CT molecular complexity index is 1100. The molecule has 2 bridgehead atoms. The molecule has 8 nitrogen and oxygen atoms in total. The van der Waals surface area contributed by atoms with E-state index in [0.29, 0.717) is 32.1 Å². The number of amides is 2. The summed E-state index contributed by atoms with van der Waals surface area (Å²) in [6.45, 7) is 1.14. The fourth-order valence-electron chi connectivity index (χ4n) is 6.26. The third-order valence-corrected chi connectivity index (χ3v) is 8.57. The molecule has 216 valence electrons. The van der Waals surface area contributed by atoms with Crippen LogP contribution in [0, 0.1) is 29.0 Å². The zero-order valence-electron chi connectivity index (χ0n) is 21.9. The fraction of sp³-hybridized carbons (Fsp3) is 0.667. The molecular weight excluding hydrogens is 524 g/mol. The second-order valence-corrected chi connectivity index (χ2v) is 11.2. The average Bonchev–Trinajstić information content (AvgIpc) is 3.47. The van der Waals surface area contributed by atoms with Gasteiger partial charge < -0.3 is 25.2 Å². The number of carboxylic acids is 1. The number of methoxy groups -OCH3 is 1. The van der Waals surface area contributed by atoms with Gasteiger partial charge in [-0.1, -0.05) is 0 Å². The van der Waals surface area contributed by atoms with Crippen molar-refractivity contribution in [2.75, 3.05) is 13.7 Å². The summed E-state index contributed by atoms with van der Waals surface area (Å²) in [5, 5.41) is 14.7. The van der Waals surface area contributed by atoms with Crippen molar-refractivity contribution in [3.63, 3.8) is 0 Å². The molecule has 0 aromatic heterocycles. The zero-order valence-corrected chi connectivity index (χ0v) is 21.9. The number of hydrogen-bond donors (Lipinski definition) is 3. The lowest BCUT2D eigenvalue weighted by Crippen LogP contribution is -2.50. The SMILES string of the molecule is COc1cc(F)c(OC2CCC(C)(C(=O)O)CC2)cc1C(=O)NC1C2CCC(C2)C1C(=O)NCCC(F)(F)F. The smallest absolute Gasteiger partial charge is 0.390 e. The molecule has 3 fully saturated rings. The predicted molar refractivity (Wildman–Crippen MR) is 131 cm³/mol. The lowest BCUT2D eigenvalue weighted by atomic mass is 9.75. The molecule has 0 saturated heterocycles. The second kappa shape index (κ2) is 11.2. The van der Waals surface area contributed by atoms with Crippen LogP contribution in [0.15, 0.2) is 12.1 Å². The highest BCUT2D eigenvalue weighted by molar-refractivity contribution is 5.98. The third-order valence-electron chi connectivity index (χ3n) is 8.57. The molecule has 0 spiro atoms. The number of aliphatic carboxylic acids is 1. The molecule has 3 saturated carbocycles. The van der Waals surface area contributed by atoms with Crippen LogP contribution in [0.4, 0.5) is 17.6 Å². The number of carbonyl (C=O) groups excluding carboxylic acids is 2. The van der Waals surface area contributed by atoms with Crippen LogP contribution in [-0.2, 0) is 9.59 Å². The van der Waals surface area contributed by atoms with E-state index >= 15 is 0 Å². The van der Waals surface area contributed by atoms with Crippen LogP contribution in [0.5, 0.6) is 11.5 Å². The first-order valence-corrected chi connectivity index (χ1v) is 13.2. The maximum Gasteiger partial charge on any atom is 0.390 e. The molecule has 2 amide bonds. The quantitative estimate of drug-likeness (QED) is 0.386. The van der Waals surface area contributed by atoms with Crippen LogP contribution in [-0.4, -0.2) is 54.9 Å². The van der Waals surface area contributed by atoms with E-state index in [2.05, 4.69) is 10.6 Å². The van der Waals surface area contributed by atoms with Crippen molar-refractivity contribution >= 4 is 17.8 Å². The van der Waals surface area contributed by atoms with Gasteiger partial charge in [-0.05, 0) is 69.8 Å². The van der Waals surface area contributed by atoms with Crippen LogP contribution >= 0.6 is 0 Å². The Kier molecular flexibility index (Phi) is 8.32. The molecule has 12 heteroatoms. The third kappa shape index (κ3) is 6.41. The molecule has 3 aliphatic rings. The van der Waals surface area contributed by atoms with E-state index in [4.69, 9.17) is 9.47 Å². The molecule has 4 unspecified atom stereocenters. The summed E-state index contributed by atoms with van der Waals surface area (Å²) in [6, 6.07) is 1.70. The minimum absolute atomic E-state index is 0.000846. The van der Waals surface area contributed by atoms with E-state index in [-0.39, 0.29) is 28.9 Å². The molecule has 0 heterocycles. The summed E-state index contributed by atoms with van der Waals surface area (Å²) < 4.78 is 63.5. The van der Waals surface area contributed by atoms with Gasteiger partial charge in [0.05, 0.1) is 36.5 Å². The molecular formula is C27H34F4N2O6. The number of nitrogens with one attached hydrogen (secondary N) is 2. The number of hydrogen-bond acceptors (Lipinski definition) is 5. The fourth-order valence-corrected chi connectivity index (χ4v) is 6.26. The summed E-state index contributed by atoms with van der Waals surface area (Å²) in [6.07, 6.45) is -2.16. The minimum atomic E-state index is -4.39. The highest BCUT2D eigenvalue weighted by Gasteiger charge is 2.51. The van der Waals surface area contributed by atoms with E-state index < -0.39 is 66.2 Å². The van der Waals surface area contributed by atoms with E-state index in [1.54, 1.807) is 6.92 Å². The topological polar surface area (TPSA) is 114 Å². The van der Waals surface area contributed by atoms with Gasteiger partial charge in [-0.25, -0.2) is 4.39 Å². The van der Waals surface area contributed by atoms with Crippen LogP contribution < -0.4 is 20.1 Å². The Morgan fingerprint density at radius 1 is 1.08 bits per heavy atom. The van der Waals surface area contributed by atoms with E-state index in [9.17, 15) is 37.1 Å². The van der Waals surface area contributed by atoms with Crippen molar-refractivity contribution in [2.24, 2.45) is 23.2 Å². The summed E-state index contributed by atoms with van der Waals surface area (Å²) in [5.41, 5.74) is -0.862. The molecule has 0 aliphatic heterocycles. The molecule has 3 aliphatic carbocycles. The first-order chi connectivity index (χ1) is 18.3. The normalized spacial score (nSPS) is 30.1. The minimum Gasteiger partial charge on any atom is -0.496 e. The summed E-state index contributed by atoms with van der Waals surface area (Å²) in [7, 11) is 1.29. The standard InChI is InChI=1S/C27H34F4N2O6/c1-26(25(36)37)7-5-16(6-8-26)39-20-12-17(19(38-2)13-18(20)28)23(34)33-22-15-4-3-14(11-15)21(22)24(35)32-10-9-27(29,30)31/h12-16,21-22H,3-11H2,1-2H3,(H,32,35)(H,33,34)(H,36,37). The van der Waals surface area contributed by atoms with E-state index in [0.717, 1.165) is 18.9 Å². The Morgan fingerprint density at radius 3 is 2.36 bits per heavy atom. The molecule has 1 aromatic carbocycles. The van der Waals surface area contributed by atoms with Gasteiger partial charge in [0, 0.05) is 18.7 Å². The first kappa shape index (κ1) is 28.9. The van der Waals surface area contributed by atoms with E-state index in [1.807, 2.05) is 0 Å². The molecule has 4 atom stereocenters. The average molecular weight is 559 g/mol. The van der Waals surface area contributed by atoms with Gasteiger partial charge in [-0.3, -0.25) is 14.4 Å². The second-order valence-electron chi connectivity index (χ2n) is 11.2.